The normalized spacial score (nSPS) is 20.9. The summed E-state index contributed by atoms with van der Waals surface area (Å²) in [7, 11) is 0. The fourth-order valence-corrected chi connectivity index (χ4v) is 2.80. The van der Waals surface area contributed by atoms with Crippen LogP contribution < -0.4 is 16.2 Å². The van der Waals surface area contributed by atoms with Gasteiger partial charge in [0.2, 0.25) is 0 Å². The summed E-state index contributed by atoms with van der Waals surface area (Å²) in [6.07, 6.45) is 1.09. The molecule has 1 aliphatic rings. The molecule has 0 bridgehead atoms. The topological polar surface area (TPSA) is 62.1 Å². The summed E-state index contributed by atoms with van der Waals surface area (Å²) in [4.78, 5) is 17.3. The standard InChI is InChI=1S/C15H19N3O/c1-10(16)12-6-7-18(9-12)14-8-11-4-2-3-5-13(11)15(19)17-14/h2-5,8,10,12H,6-7,9,16H2,1H3,(H,17,19). The van der Waals surface area contributed by atoms with E-state index in [0.717, 1.165) is 36.1 Å². The quantitative estimate of drug-likeness (QED) is 0.860. The number of nitrogens with two attached hydrogens (primary N) is 1. The number of fused-ring (bicyclic) bond motifs is 1. The molecule has 0 spiro atoms. The second kappa shape index (κ2) is 4.70. The largest absolute Gasteiger partial charge is 0.358 e. The van der Waals surface area contributed by atoms with Crippen LogP contribution in [0.2, 0.25) is 0 Å². The summed E-state index contributed by atoms with van der Waals surface area (Å²) in [6, 6.07) is 9.94. The Labute approximate surface area is 112 Å². The Hall–Kier alpha value is -1.81. The van der Waals surface area contributed by atoms with Gasteiger partial charge in [0.15, 0.2) is 0 Å². The number of hydrogen-bond acceptors (Lipinski definition) is 3. The van der Waals surface area contributed by atoms with Gasteiger partial charge in [-0.2, -0.15) is 0 Å². The van der Waals surface area contributed by atoms with Crippen molar-refractivity contribution in [2.45, 2.75) is 19.4 Å². The van der Waals surface area contributed by atoms with Gasteiger partial charge in [-0.1, -0.05) is 18.2 Å². The van der Waals surface area contributed by atoms with E-state index in [1.54, 1.807) is 0 Å². The number of aromatic amines is 1. The Morgan fingerprint density at radius 3 is 2.95 bits per heavy atom. The van der Waals surface area contributed by atoms with Crippen molar-refractivity contribution in [1.29, 1.82) is 0 Å². The van der Waals surface area contributed by atoms with Gasteiger partial charge in [0.05, 0.1) is 0 Å². The summed E-state index contributed by atoms with van der Waals surface area (Å²) in [5.41, 5.74) is 5.94. The maximum absolute atomic E-state index is 12.1. The highest BCUT2D eigenvalue weighted by atomic mass is 16.1. The highest BCUT2D eigenvalue weighted by molar-refractivity contribution is 5.83. The van der Waals surface area contributed by atoms with Gasteiger partial charge in [-0.3, -0.25) is 4.79 Å². The third-order valence-corrected chi connectivity index (χ3v) is 4.05. The summed E-state index contributed by atoms with van der Waals surface area (Å²) in [5, 5.41) is 1.74. The SMILES string of the molecule is CC(N)C1CCN(c2cc3ccccc3c(=O)[nH]2)C1. The van der Waals surface area contributed by atoms with E-state index in [1.165, 1.54) is 0 Å². The third-order valence-electron chi connectivity index (χ3n) is 4.05. The number of benzene rings is 1. The van der Waals surface area contributed by atoms with Crippen LogP contribution in [0.25, 0.3) is 10.8 Å². The second-order valence-corrected chi connectivity index (χ2v) is 5.42. The van der Waals surface area contributed by atoms with E-state index in [1.807, 2.05) is 24.3 Å². The molecule has 0 saturated carbocycles. The molecule has 1 saturated heterocycles. The average molecular weight is 257 g/mol. The molecule has 0 amide bonds. The maximum atomic E-state index is 12.1. The van der Waals surface area contributed by atoms with Gasteiger partial charge in [-0.15, -0.1) is 0 Å². The van der Waals surface area contributed by atoms with Crippen LogP contribution in [-0.2, 0) is 0 Å². The zero-order chi connectivity index (χ0) is 13.4. The van der Waals surface area contributed by atoms with E-state index < -0.39 is 0 Å². The fraction of sp³-hybridized carbons (Fsp3) is 0.400. The number of anilines is 1. The van der Waals surface area contributed by atoms with Crippen LogP contribution in [0, 0.1) is 5.92 Å². The summed E-state index contributed by atoms with van der Waals surface area (Å²) in [6.45, 7) is 3.93. The summed E-state index contributed by atoms with van der Waals surface area (Å²) < 4.78 is 0. The summed E-state index contributed by atoms with van der Waals surface area (Å²) in [5.74, 6) is 1.42. The van der Waals surface area contributed by atoms with Gasteiger partial charge in [0.25, 0.3) is 5.56 Å². The van der Waals surface area contributed by atoms with Crippen molar-refractivity contribution >= 4 is 16.6 Å². The Morgan fingerprint density at radius 1 is 1.42 bits per heavy atom. The van der Waals surface area contributed by atoms with Crippen molar-refractivity contribution in [3.8, 4) is 0 Å². The van der Waals surface area contributed by atoms with Crippen molar-refractivity contribution in [2.24, 2.45) is 11.7 Å². The number of H-pyrrole nitrogens is 1. The van der Waals surface area contributed by atoms with Crippen LogP contribution in [0.4, 0.5) is 5.82 Å². The first-order chi connectivity index (χ1) is 9.15. The van der Waals surface area contributed by atoms with Crippen molar-refractivity contribution in [1.82, 2.24) is 4.98 Å². The minimum atomic E-state index is -0.0163. The molecule has 100 valence electrons. The molecule has 0 aliphatic carbocycles. The first-order valence-corrected chi connectivity index (χ1v) is 6.78. The van der Waals surface area contributed by atoms with Gasteiger partial charge < -0.3 is 15.6 Å². The molecule has 3 rings (SSSR count). The van der Waals surface area contributed by atoms with Crippen LogP contribution in [0.1, 0.15) is 13.3 Å². The van der Waals surface area contributed by atoms with Crippen LogP contribution >= 0.6 is 0 Å². The molecule has 1 aromatic carbocycles. The van der Waals surface area contributed by atoms with Crippen LogP contribution in [0.5, 0.6) is 0 Å². The Balaban J connectivity index is 1.96. The maximum Gasteiger partial charge on any atom is 0.257 e. The molecule has 19 heavy (non-hydrogen) atoms. The fourth-order valence-electron chi connectivity index (χ4n) is 2.80. The van der Waals surface area contributed by atoms with Crippen LogP contribution in [0.15, 0.2) is 35.1 Å². The highest BCUT2D eigenvalue weighted by Crippen LogP contribution is 2.24. The smallest absolute Gasteiger partial charge is 0.257 e. The van der Waals surface area contributed by atoms with E-state index in [9.17, 15) is 4.79 Å². The van der Waals surface area contributed by atoms with Gasteiger partial charge >= 0.3 is 0 Å². The van der Waals surface area contributed by atoms with E-state index in [4.69, 9.17) is 5.73 Å². The molecule has 0 radical (unpaired) electrons. The molecule has 1 fully saturated rings. The lowest BCUT2D eigenvalue weighted by molar-refractivity contribution is 0.488. The molecule has 2 heterocycles. The number of nitrogens with one attached hydrogen (secondary N) is 1. The molecule has 2 atom stereocenters. The van der Waals surface area contributed by atoms with E-state index >= 15 is 0 Å². The summed E-state index contributed by atoms with van der Waals surface area (Å²) >= 11 is 0. The predicted octanol–water partition coefficient (Wildman–Crippen LogP) is 1.70. The molecule has 2 aromatic rings. The minimum absolute atomic E-state index is 0.0163. The van der Waals surface area contributed by atoms with Crippen LogP contribution in [-0.4, -0.2) is 24.1 Å². The van der Waals surface area contributed by atoms with E-state index in [-0.39, 0.29) is 11.6 Å². The third kappa shape index (κ3) is 2.24. The van der Waals surface area contributed by atoms with Crippen molar-refractivity contribution < 1.29 is 0 Å². The van der Waals surface area contributed by atoms with Gasteiger partial charge in [0.1, 0.15) is 5.82 Å². The molecule has 1 aromatic heterocycles. The highest BCUT2D eigenvalue weighted by Gasteiger charge is 2.25. The van der Waals surface area contributed by atoms with Crippen LogP contribution in [0.3, 0.4) is 0 Å². The number of rotatable bonds is 2. The molecule has 4 nitrogen and oxygen atoms in total. The first kappa shape index (κ1) is 12.2. The number of aromatic nitrogens is 1. The first-order valence-electron chi connectivity index (χ1n) is 6.78. The molecular weight excluding hydrogens is 238 g/mol. The lowest BCUT2D eigenvalue weighted by Crippen LogP contribution is -2.30. The van der Waals surface area contributed by atoms with Crippen molar-refractivity contribution in [3.05, 3.63) is 40.7 Å². The molecule has 2 unspecified atom stereocenters. The Morgan fingerprint density at radius 2 is 2.21 bits per heavy atom. The predicted molar refractivity (Wildman–Crippen MR) is 78.5 cm³/mol. The average Bonchev–Trinajstić information content (AvgIpc) is 2.88. The van der Waals surface area contributed by atoms with Gasteiger partial charge in [-0.25, -0.2) is 0 Å². The van der Waals surface area contributed by atoms with E-state index in [2.05, 4.69) is 22.9 Å². The monoisotopic (exact) mass is 257 g/mol. The lowest BCUT2D eigenvalue weighted by atomic mass is 10.0. The second-order valence-electron chi connectivity index (χ2n) is 5.42. The van der Waals surface area contributed by atoms with E-state index in [0.29, 0.717) is 5.92 Å². The zero-order valence-electron chi connectivity index (χ0n) is 11.1. The molecule has 3 N–H and O–H groups in total. The number of nitrogens with zero attached hydrogens (tertiary/aromatic N) is 1. The van der Waals surface area contributed by atoms with Crippen molar-refractivity contribution in [2.75, 3.05) is 18.0 Å². The Bertz CT molecular complexity index is 647. The van der Waals surface area contributed by atoms with Gasteiger partial charge in [-0.05, 0) is 36.8 Å². The molecule has 1 aliphatic heterocycles. The van der Waals surface area contributed by atoms with Crippen molar-refractivity contribution in [3.63, 3.8) is 0 Å². The molecule has 4 heteroatoms. The number of hydrogen-bond donors (Lipinski definition) is 2. The zero-order valence-corrected chi connectivity index (χ0v) is 11.1. The lowest BCUT2D eigenvalue weighted by Gasteiger charge is -2.19. The van der Waals surface area contributed by atoms with Gasteiger partial charge in [0, 0.05) is 24.5 Å². The molecular formula is C15H19N3O. The minimum Gasteiger partial charge on any atom is -0.358 e. The number of pyridine rings is 1. The Kier molecular flexibility index (Phi) is 3.03.